The van der Waals surface area contributed by atoms with E-state index in [1.807, 2.05) is 0 Å². The summed E-state index contributed by atoms with van der Waals surface area (Å²) in [6.45, 7) is 36.3. The summed E-state index contributed by atoms with van der Waals surface area (Å²) in [5.74, 6) is 3.00. The summed E-state index contributed by atoms with van der Waals surface area (Å²) >= 11 is 0. The summed E-state index contributed by atoms with van der Waals surface area (Å²) in [5.41, 5.74) is 3.63. The van der Waals surface area contributed by atoms with Gasteiger partial charge in [-0.3, -0.25) is 0 Å². The molecule has 0 radical (unpaired) electrons. The summed E-state index contributed by atoms with van der Waals surface area (Å²) in [4.78, 5) is 0. The topological polar surface area (TPSA) is 36.9 Å². The van der Waals surface area contributed by atoms with Crippen LogP contribution in [0.4, 0.5) is 0 Å². The molecule has 0 aromatic carbocycles. The lowest BCUT2D eigenvalue weighted by Crippen LogP contribution is -2.48. The standard InChI is InChI=1S/C44H84O4Si2/c1-17-18-21-35-26-28-44(11)39(33(2)20-19-27-43(9,10)46-32-45-12)24-25-40(44)38(35)23-22-34-29-36(47-49(13,14)41(3,4)5)31-37(30-34)48-50(15,16)42(6,7)8/h22-23,33,35-37,39-40H,17-21,24-32H2,1-16H3/b38-23+/t33-,35-,36-,37-,39-,40+,44-/m1/s1. The minimum atomic E-state index is -1.90. The van der Waals surface area contributed by atoms with E-state index in [0.717, 1.165) is 43.4 Å². The molecule has 3 saturated carbocycles. The monoisotopic (exact) mass is 733 g/mol. The highest BCUT2D eigenvalue weighted by atomic mass is 28.4. The van der Waals surface area contributed by atoms with Crippen LogP contribution >= 0.6 is 0 Å². The molecule has 6 heteroatoms. The number of hydrogen-bond donors (Lipinski definition) is 0. The Morgan fingerprint density at radius 3 is 1.94 bits per heavy atom. The smallest absolute Gasteiger partial charge is 0.192 e. The number of methoxy groups -OCH3 is 1. The normalized spacial score (nSPS) is 30.1. The second-order valence-corrected chi connectivity index (χ2v) is 30.4. The first kappa shape index (κ1) is 44.2. The largest absolute Gasteiger partial charge is 0.414 e. The fourth-order valence-electron chi connectivity index (χ4n) is 9.24. The zero-order chi connectivity index (χ0) is 37.8. The van der Waals surface area contributed by atoms with Gasteiger partial charge in [0.15, 0.2) is 16.6 Å². The van der Waals surface area contributed by atoms with E-state index in [4.69, 9.17) is 18.3 Å². The van der Waals surface area contributed by atoms with Crippen LogP contribution in [-0.2, 0) is 18.3 Å². The van der Waals surface area contributed by atoms with Gasteiger partial charge in [0.05, 0.1) is 17.8 Å². The maximum absolute atomic E-state index is 7.17. The van der Waals surface area contributed by atoms with Crippen LogP contribution in [0.25, 0.3) is 0 Å². The summed E-state index contributed by atoms with van der Waals surface area (Å²) in [7, 11) is -2.09. The predicted octanol–water partition coefficient (Wildman–Crippen LogP) is 13.6. The van der Waals surface area contributed by atoms with Crippen LogP contribution < -0.4 is 0 Å². The van der Waals surface area contributed by atoms with E-state index in [1.54, 1.807) is 18.3 Å². The van der Waals surface area contributed by atoms with Crippen LogP contribution in [0.15, 0.2) is 23.3 Å². The molecule has 0 bridgehead atoms. The van der Waals surface area contributed by atoms with E-state index in [9.17, 15) is 0 Å². The van der Waals surface area contributed by atoms with Gasteiger partial charge >= 0.3 is 0 Å². The van der Waals surface area contributed by atoms with E-state index in [2.05, 4.69) is 115 Å². The first-order valence-corrected chi connectivity index (χ1v) is 26.7. The van der Waals surface area contributed by atoms with Crippen molar-refractivity contribution < 1.29 is 18.3 Å². The number of rotatable bonds is 16. The Labute approximate surface area is 313 Å². The van der Waals surface area contributed by atoms with Gasteiger partial charge in [-0.2, -0.15) is 0 Å². The summed E-state index contributed by atoms with van der Waals surface area (Å²) in [5, 5.41) is 0.407. The lowest BCUT2D eigenvalue weighted by atomic mass is 9.57. The molecule has 3 aliphatic rings. The van der Waals surface area contributed by atoms with E-state index in [1.165, 1.54) is 57.8 Å². The van der Waals surface area contributed by atoms with Gasteiger partial charge in [0, 0.05) is 7.11 Å². The van der Waals surface area contributed by atoms with Crippen molar-refractivity contribution in [3.8, 4) is 0 Å². The summed E-state index contributed by atoms with van der Waals surface area (Å²) in [6.07, 6.45) is 22.0. The molecule has 0 aromatic rings. The van der Waals surface area contributed by atoms with E-state index < -0.39 is 16.6 Å². The van der Waals surface area contributed by atoms with E-state index >= 15 is 0 Å². The van der Waals surface area contributed by atoms with Gasteiger partial charge in [0.2, 0.25) is 0 Å². The zero-order valence-corrected chi connectivity index (χ0v) is 38.2. The molecular weight excluding hydrogens is 649 g/mol. The maximum atomic E-state index is 7.17. The van der Waals surface area contributed by atoms with Crippen LogP contribution in [0, 0.1) is 29.1 Å². The minimum absolute atomic E-state index is 0.124. The average Bonchev–Trinajstić information content (AvgIpc) is 3.33. The van der Waals surface area contributed by atoms with Crippen molar-refractivity contribution >= 4 is 16.6 Å². The van der Waals surface area contributed by atoms with Crippen LogP contribution in [0.2, 0.25) is 36.3 Å². The zero-order valence-electron chi connectivity index (χ0n) is 36.2. The van der Waals surface area contributed by atoms with Gasteiger partial charge in [-0.05, 0) is 137 Å². The van der Waals surface area contributed by atoms with Gasteiger partial charge in [0.1, 0.15) is 6.79 Å². The summed E-state index contributed by atoms with van der Waals surface area (Å²) < 4.78 is 25.5. The SMILES string of the molecule is CCCC[C@@H]1CC[C@]2(C)[C@@H]([C@H](C)CCCC(C)(C)OCOC)CC[C@H]2/C1=C/C=C1C[C@@H](O[Si](C)(C)C(C)(C)C)C[C@H](O[Si](C)(C)C(C)(C)C)C1. The van der Waals surface area contributed by atoms with Crippen LogP contribution in [0.3, 0.4) is 0 Å². The molecule has 0 aliphatic heterocycles. The fourth-order valence-corrected chi connectivity index (χ4v) is 12.0. The second kappa shape index (κ2) is 17.5. The van der Waals surface area contributed by atoms with E-state index in [-0.39, 0.29) is 27.9 Å². The second-order valence-electron chi connectivity index (χ2n) is 20.9. The molecule has 0 N–H and O–H groups in total. The third kappa shape index (κ3) is 11.4. The third-order valence-corrected chi connectivity index (χ3v) is 23.5. The van der Waals surface area contributed by atoms with Crippen molar-refractivity contribution in [2.75, 3.05) is 13.9 Å². The summed E-state index contributed by atoms with van der Waals surface area (Å²) in [6, 6.07) is 0. The van der Waals surface area contributed by atoms with Crippen LogP contribution in [0.5, 0.6) is 0 Å². The Kier molecular flexibility index (Phi) is 15.4. The Balaban J connectivity index is 1.89. The lowest BCUT2D eigenvalue weighted by molar-refractivity contribution is -0.118. The first-order valence-electron chi connectivity index (χ1n) is 20.8. The van der Waals surface area contributed by atoms with Crippen molar-refractivity contribution in [2.24, 2.45) is 29.1 Å². The van der Waals surface area contributed by atoms with Crippen molar-refractivity contribution in [2.45, 2.75) is 214 Å². The minimum Gasteiger partial charge on any atom is -0.414 e. The lowest BCUT2D eigenvalue weighted by Gasteiger charge is -2.47. The fraction of sp³-hybridized carbons (Fsp3) is 0.909. The Bertz CT molecular complexity index is 1090. The number of fused-ring (bicyclic) bond motifs is 1. The molecule has 292 valence electrons. The molecule has 3 rings (SSSR count). The van der Waals surface area contributed by atoms with Crippen LogP contribution in [0.1, 0.15) is 160 Å². The Morgan fingerprint density at radius 1 is 0.840 bits per heavy atom. The Hall–Kier alpha value is -0.246. The number of allylic oxidation sites excluding steroid dienone is 3. The third-order valence-electron chi connectivity index (χ3n) is 14.5. The number of hydrogen-bond acceptors (Lipinski definition) is 4. The molecule has 0 spiro atoms. The van der Waals surface area contributed by atoms with Crippen molar-refractivity contribution in [3.63, 3.8) is 0 Å². The molecule has 0 unspecified atom stereocenters. The molecule has 7 atom stereocenters. The number of ether oxygens (including phenoxy) is 2. The van der Waals surface area contributed by atoms with Crippen LogP contribution in [-0.4, -0.2) is 48.3 Å². The Morgan fingerprint density at radius 2 is 1.42 bits per heavy atom. The maximum Gasteiger partial charge on any atom is 0.192 e. The predicted molar refractivity (Wildman–Crippen MR) is 221 cm³/mol. The van der Waals surface area contributed by atoms with Gasteiger partial charge in [-0.1, -0.05) is 111 Å². The molecule has 3 aliphatic carbocycles. The van der Waals surface area contributed by atoms with Gasteiger partial charge in [-0.15, -0.1) is 0 Å². The van der Waals surface area contributed by atoms with E-state index in [0.29, 0.717) is 18.1 Å². The van der Waals surface area contributed by atoms with Crippen molar-refractivity contribution in [1.82, 2.24) is 0 Å². The highest BCUT2D eigenvalue weighted by Gasteiger charge is 2.52. The molecular formula is C44H84O4Si2. The molecule has 0 amide bonds. The first-order chi connectivity index (χ1) is 23.0. The highest BCUT2D eigenvalue weighted by Crippen LogP contribution is 2.61. The van der Waals surface area contributed by atoms with Gasteiger partial charge < -0.3 is 18.3 Å². The molecule has 0 heterocycles. The molecule has 3 fully saturated rings. The average molecular weight is 733 g/mol. The van der Waals surface area contributed by atoms with Crippen molar-refractivity contribution in [3.05, 3.63) is 23.3 Å². The highest BCUT2D eigenvalue weighted by molar-refractivity contribution is 6.74. The van der Waals surface area contributed by atoms with Crippen molar-refractivity contribution in [1.29, 1.82) is 0 Å². The van der Waals surface area contributed by atoms with Gasteiger partial charge in [-0.25, -0.2) is 0 Å². The molecule has 4 nitrogen and oxygen atoms in total. The quantitative estimate of drug-likeness (QED) is 0.117. The number of unbranched alkanes of at least 4 members (excludes halogenated alkanes) is 1. The molecule has 0 aromatic heterocycles. The van der Waals surface area contributed by atoms with Gasteiger partial charge in [0.25, 0.3) is 0 Å². The molecule has 0 saturated heterocycles. The molecule has 50 heavy (non-hydrogen) atoms.